The standard InChI is InChI=1S/C11H14ClN3O/c1-2-8(3-5-13)9(7-11(12)15)10(16)4-6-14/h2,5-7,13-14H,1,3-4,15H2/b9-8-,11-7-,13-5?,14-6?. The van der Waals surface area contributed by atoms with Crippen LogP contribution >= 0.6 is 11.6 Å². The van der Waals surface area contributed by atoms with Gasteiger partial charge in [0.2, 0.25) is 0 Å². The highest BCUT2D eigenvalue weighted by molar-refractivity contribution is 6.29. The second-order valence-corrected chi connectivity index (χ2v) is 3.35. The largest absolute Gasteiger partial charge is 0.389 e. The number of nitrogens with two attached hydrogens (primary N) is 1. The van der Waals surface area contributed by atoms with Crippen LogP contribution in [0, 0.1) is 10.8 Å². The summed E-state index contributed by atoms with van der Waals surface area (Å²) in [6, 6.07) is 0. The highest BCUT2D eigenvalue weighted by Gasteiger charge is 2.10. The van der Waals surface area contributed by atoms with E-state index in [1.54, 1.807) is 0 Å². The van der Waals surface area contributed by atoms with Crippen molar-refractivity contribution in [3.63, 3.8) is 0 Å². The summed E-state index contributed by atoms with van der Waals surface area (Å²) in [6.07, 6.45) is 5.24. The summed E-state index contributed by atoms with van der Waals surface area (Å²) in [5.74, 6) is -0.268. The molecule has 4 nitrogen and oxygen atoms in total. The second-order valence-electron chi connectivity index (χ2n) is 2.91. The highest BCUT2D eigenvalue weighted by atomic mass is 35.5. The molecule has 0 amide bonds. The molecule has 86 valence electrons. The number of carbonyl (C=O) groups excluding carboxylic acids is 1. The van der Waals surface area contributed by atoms with Gasteiger partial charge in [-0.25, -0.2) is 0 Å². The molecule has 0 aromatic heterocycles. The number of Topliss-reactive ketones (excluding diaryl/α,β-unsaturated/α-hetero) is 1. The highest BCUT2D eigenvalue weighted by Crippen LogP contribution is 2.15. The molecule has 0 heterocycles. The van der Waals surface area contributed by atoms with Gasteiger partial charge in [0.1, 0.15) is 0 Å². The van der Waals surface area contributed by atoms with Crippen molar-refractivity contribution in [2.24, 2.45) is 5.73 Å². The molecule has 5 heteroatoms. The van der Waals surface area contributed by atoms with Gasteiger partial charge in [0.15, 0.2) is 5.78 Å². The maximum absolute atomic E-state index is 11.7. The summed E-state index contributed by atoms with van der Waals surface area (Å²) < 4.78 is 0. The molecule has 0 spiro atoms. The molecule has 0 aromatic rings. The van der Waals surface area contributed by atoms with Gasteiger partial charge in [0.05, 0.1) is 5.16 Å². The molecule has 0 saturated carbocycles. The fraction of sp³-hybridized carbons (Fsp3) is 0.182. The first-order chi connectivity index (χ1) is 7.56. The number of rotatable bonds is 7. The molecule has 0 aliphatic heterocycles. The maximum atomic E-state index is 11.7. The Labute approximate surface area is 99.5 Å². The molecule has 0 aliphatic rings. The Morgan fingerprint density at radius 3 is 2.25 bits per heavy atom. The Morgan fingerprint density at radius 2 is 1.88 bits per heavy atom. The molecule has 0 saturated heterocycles. The van der Waals surface area contributed by atoms with E-state index < -0.39 is 0 Å². The molecule has 0 unspecified atom stereocenters. The molecule has 0 aliphatic carbocycles. The summed E-state index contributed by atoms with van der Waals surface area (Å²) in [5, 5.41) is 13.9. The molecule has 0 fully saturated rings. The number of ketones is 1. The Hall–Kier alpha value is -1.68. The van der Waals surface area contributed by atoms with E-state index in [-0.39, 0.29) is 23.8 Å². The zero-order valence-corrected chi connectivity index (χ0v) is 9.55. The van der Waals surface area contributed by atoms with E-state index in [1.165, 1.54) is 12.2 Å². The van der Waals surface area contributed by atoms with Crippen LogP contribution in [0.2, 0.25) is 0 Å². The van der Waals surface area contributed by atoms with Gasteiger partial charge in [0.25, 0.3) is 0 Å². The lowest BCUT2D eigenvalue weighted by molar-refractivity contribution is -0.114. The first-order valence-corrected chi connectivity index (χ1v) is 4.93. The van der Waals surface area contributed by atoms with Crippen molar-refractivity contribution in [1.82, 2.24) is 0 Å². The van der Waals surface area contributed by atoms with Crippen LogP contribution in [0.3, 0.4) is 0 Å². The van der Waals surface area contributed by atoms with Crippen LogP contribution in [0.5, 0.6) is 0 Å². The molecular formula is C11H14ClN3O. The number of halogens is 1. The number of allylic oxidation sites excluding steroid dienone is 4. The van der Waals surface area contributed by atoms with Crippen LogP contribution < -0.4 is 5.73 Å². The summed E-state index contributed by atoms with van der Waals surface area (Å²) in [5.41, 5.74) is 6.18. The van der Waals surface area contributed by atoms with Crippen LogP contribution in [-0.2, 0) is 4.79 Å². The Bertz CT molecular complexity index is 365. The molecule has 16 heavy (non-hydrogen) atoms. The van der Waals surface area contributed by atoms with Crippen molar-refractivity contribution >= 4 is 29.8 Å². The minimum Gasteiger partial charge on any atom is -0.389 e. The van der Waals surface area contributed by atoms with Crippen molar-refractivity contribution in [1.29, 1.82) is 10.8 Å². The van der Waals surface area contributed by atoms with E-state index in [9.17, 15) is 4.79 Å². The van der Waals surface area contributed by atoms with E-state index in [4.69, 9.17) is 28.2 Å². The van der Waals surface area contributed by atoms with Crippen LogP contribution in [0.4, 0.5) is 0 Å². The average molecular weight is 240 g/mol. The fourth-order valence-corrected chi connectivity index (χ4v) is 1.22. The SMILES string of the molecule is C=C/C(CC=N)=C(\C=C(/N)Cl)C(=O)CC=N. The topological polar surface area (TPSA) is 90.8 Å². The molecule has 0 aromatic carbocycles. The minimum absolute atomic E-state index is 0.0161. The van der Waals surface area contributed by atoms with Crippen molar-refractivity contribution in [2.45, 2.75) is 12.8 Å². The third kappa shape index (κ3) is 4.70. The Morgan fingerprint density at radius 1 is 1.31 bits per heavy atom. The lowest BCUT2D eigenvalue weighted by atomic mass is 10.00. The Balaban J connectivity index is 5.42. The smallest absolute Gasteiger partial charge is 0.168 e. The van der Waals surface area contributed by atoms with Gasteiger partial charge in [0, 0.05) is 24.6 Å². The van der Waals surface area contributed by atoms with E-state index in [2.05, 4.69) is 6.58 Å². The molecule has 0 radical (unpaired) electrons. The third-order valence-corrected chi connectivity index (χ3v) is 1.89. The lowest BCUT2D eigenvalue weighted by Gasteiger charge is -2.05. The van der Waals surface area contributed by atoms with E-state index in [1.807, 2.05) is 0 Å². The zero-order chi connectivity index (χ0) is 12.6. The normalized spacial score (nSPS) is 12.7. The average Bonchev–Trinajstić information content (AvgIpc) is 2.23. The van der Waals surface area contributed by atoms with Crippen LogP contribution in [0.1, 0.15) is 12.8 Å². The van der Waals surface area contributed by atoms with Gasteiger partial charge < -0.3 is 16.6 Å². The summed E-state index contributed by atoms with van der Waals surface area (Å²) >= 11 is 5.52. The number of hydrogen-bond donors (Lipinski definition) is 3. The van der Waals surface area contributed by atoms with Crippen LogP contribution in [0.25, 0.3) is 0 Å². The predicted octanol–water partition coefficient (Wildman–Crippen LogP) is 2.16. The van der Waals surface area contributed by atoms with Gasteiger partial charge in [-0.3, -0.25) is 4.79 Å². The summed E-state index contributed by atoms with van der Waals surface area (Å²) in [7, 11) is 0. The van der Waals surface area contributed by atoms with E-state index >= 15 is 0 Å². The number of hydrogen-bond acceptors (Lipinski definition) is 4. The molecule has 0 atom stereocenters. The van der Waals surface area contributed by atoms with Gasteiger partial charge in [-0.05, 0) is 17.9 Å². The minimum atomic E-state index is -0.268. The third-order valence-electron chi connectivity index (χ3n) is 1.78. The van der Waals surface area contributed by atoms with E-state index in [0.717, 1.165) is 12.4 Å². The van der Waals surface area contributed by atoms with Gasteiger partial charge >= 0.3 is 0 Å². The summed E-state index contributed by atoms with van der Waals surface area (Å²) in [6.45, 7) is 3.57. The number of nitrogens with one attached hydrogen (secondary N) is 2. The van der Waals surface area contributed by atoms with Crippen molar-refractivity contribution in [2.75, 3.05) is 0 Å². The number of carbonyl (C=O) groups is 1. The maximum Gasteiger partial charge on any atom is 0.168 e. The molecule has 0 bridgehead atoms. The zero-order valence-electron chi connectivity index (χ0n) is 8.79. The summed E-state index contributed by atoms with van der Waals surface area (Å²) in [4.78, 5) is 11.7. The lowest BCUT2D eigenvalue weighted by Crippen LogP contribution is -2.06. The van der Waals surface area contributed by atoms with Crippen molar-refractivity contribution in [3.8, 4) is 0 Å². The second kappa shape index (κ2) is 7.59. The van der Waals surface area contributed by atoms with Gasteiger partial charge in [-0.1, -0.05) is 24.3 Å². The van der Waals surface area contributed by atoms with Crippen LogP contribution in [-0.4, -0.2) is 18.2 Å². The first-order valence-electron chi connectivity index (χ1n) is 4.56. The van der Waals surface area contributed by atoms with E-state index in [0.29, 0.717) is 11.1 Å². The fourth-order valence-electron chi connectivity index (χ4n) is 1.11. The molecule has 0 rings (SSSR count). The molecule has 4 N–H and O–H groups in total. The monoisotopic (exact) mass is 239 g/mol. The van der Waals surface area contributed by atoms with Crippen LogP contribution in [0.15, 0.2) is 35.0 Å². The predicted molar refractivity (Wildman–Crippen MR) is 67.2 cm³/mol. The van der Waals surface area contributed by atoms with Gasteiger partial charge in [-0.15, -0.1) is 0 Å². The Kier molecular flexibility index (Phi) is 6.79. The molecular weight excluding hydrogens is 226 g/mol. The van der Waals surface area contributed by atoms with Crippen molar-refractivity contribution in [3.05, 3.63) is 35.0 Å². The van der Waals surface area contributed by atoms with Crippen molar-refractivity contribution < 1.29 is 4.79 Å². The first kappa shape index (κ1) is 14.3. The quantitative estimate of drug-likeness (QED) is 0.275. The van der Waals surface area contributed by atoms with Gasteiger partial charge in [-0.2, -0.15) is 0 Å².